The van der Waals surface area contributed by atoms with Crippen molar-refractivity contribution in [2.75, 3.05) is 18.9 Å². The Morgan fingerprint density at radius 1 is 1.44 bits per heavy atom. The lowest BCUT2D eigenvalue weighted by molar-refractivity contribution is 0.244. The van der Waals surface area contributed by atoms with Gasteiger partial charge < -0.3 is 5.32 Å². The third kappa shape index (κ3) is 2.37. The first-order chi connectivity index (χ1) is 8.85. The van der Waals surface area contributed by atoms with Crippen LogP contribution in [-0.2, 0) is 19.5 Å². The summed E-state index contributed by atoms with van der Waals surface area (Å²) in [6.07, 6.45) is 2.98. The number of nitrogens with one attached hydrogen (secondary N) is 1. The van der Waals surface area contributed by atoms with Crippen molar-refractivity contribution in [1.29, 1.82) is 0 Å². The summed E-state index contributed by atoms with van der Waals surface area (Å²) >= 11 is 1.88. The van der Waals surface area contributed by atoms with Crippen LogP contribution < -0.4 is 5.32 Å². The number of fused-ring (bicyclic) bond motifs is 1. The van der Waals surface area contributed by atoms with Gasteiger partial charge in [-0.2, -0.15) is 0 Å². The number of nitrogens with zero attached hydrogens (tertiary/aromatic N) is 3. The molecule has 0 amide bonds. The number of anilines is 1. The van der Waals surface area contributed by atoms with E-state index in [1.165, 1.54) is 5.56 Å². The molecule has 1 aliphatic heterocycles. The lowest BCUT2D eigenvalue weighted by Gasteiger charge is -2.26. The molecule has 0 spiro atoms. The quantitative estimate of drug-likeness (QED) is 0.918. The Morgan fingerprint density at radius 2 is 2.39 bits per heavy atom. The maximum Gasteiger partial charge on any atom is 0.222 e. The topological polar surface area (TPSA) is 41.1 Å². The summed E-state index contributed by atoms with van der Waals surface area (Å²) in [6.45, 7) is 3.05. The molecule has 5 heteroatoms. The highest BCUT2D eigenvalue weighted by Gasteiger charge is 2.17. The first-order valence-corrected chi connectivity index (χ1v) is 7.00. The van der Waals surface area contributed by atoms with Crippen LogP contribution in [0.1, 0.15) is 16.1 Å². The van der Waals surface area contributed by atoms with Gasteiger partial charge in [-0.15, -0.1) is 11.3 Å². The second kappa shape index (κ2) is 5.04. The molecule has 2 aromatic heterocycles. The molecule has 18 heavy (non-hydrogen) atoms. The van der Waals surface area contributed by atoms with Crippen LogP contribution in [0.2, 0.25) is 0 Å². The molecule has 0 aliphatic carbocycles. The second-order valence-corrected chi connectivity index (χ2v) is 5.45. The zero-order valence-corrected chi connectivity index (χ0v) is 11.2. The van der Waals surface area contributed by atoms with Gasteiger partial charge in [0.2, 0.25) is 5.95 Å². The number of hydrogen-bond donors (Lipinski definition) is 1. The van der Waals surface area contributed by atoms with Crippen molar-refractivity contribution in [3.8, 4) is 0 Å². The number of hydrogen-bond acceptors (Lipinski definition) is 5. The van der Waals surface area contributed by atoms with Crippen molar-refractivity contribution in [2.24, 2.45) is 0 Å². The molecule has 0 saturated carbocycles. The van der Waals surface area contributed by atoms with E-state index in [0.29, 0.717) is 5.95 Å². The number of rotatable bonds is 3. The lowest BCUT2D eigenvalue weighted by atomic mass is 10.1. The highest BCUT2D eigenvalue weighted by molar-refractivity contribution is 7.10. The normalized spacial score (nSPS) is 15.4. The van der Waals surface area contributed by atoms with Gasteiger partial charge in [0, 0.05) is 37.8 Å². The molecular weight excluding hydrogens is 244 g/mol. The Kier molecular flexibility index (Phi) is 3.25. The maximum absolute atomic E-state index is 4.47. The molecule has 0 unspecified atom stereocenters. The summed E-state index contributed by atoms with van der Waals surface area (Å²) in [5.74, 6) is 0.695. The molecule has 0 atom stereocenters. The van der Waals surface area contributed by atoms with Crippen LogP contribution in [0.15, 0.2) is 23.7 Å². The maximum atomic E-state index is 4.47. The summed E-state index contributed by atoms with van der Waals surface area (Å²) in [4.78, 5) is 12.6. The molecule has 3 rings (SSSR count). The zero-order chi connectivity index (χ0) is 12.4. The Labute approximate surface area is 111 Å². The fourth-order valence-corrected chi connectivity index (χ4v) is 3.17. The third-order valence-corrected chi connectivity index (χ3v) is 4.23. The first-order valence-electron chi connectivity index (χ1n) is 6.12. The first kappa shape index (κ1) is 11.6. The van der Waals surface area contributed by atoms with Gasteiger partial charge in [0.1, 0.15) is 0 Å². The highest BCUT2D eigenvalue weighted by atomic mass is 32.1. The van der Waals surface area contributed by atoms with Crippen molar-refractivity contribution in [2.45, 2.75) is 19.5 Å². The van der Waals surface area contributed by atoms with E-state index in [1.807, 2.05) is 30.6 Å². The minimum Gasteiger partial charge on any atom is -0.357 e. The van der Waals surface area contributed by atoms with Crippen molar-refractivity contribution in [3.05, 3.63) is 39.8 Å². The van der Waals surface area contributed by atoms with Crippen LogP contribution in [0.25, 0.3) is 0 Å². The van der Waals surface area contributed by atoms with Crippen LogP contribution in [0.4, 0.5) is 5.95 Å². The summed E-state index contributed by atoms with van der Waals surface area (Å²) < 4.78 is 0. The molecule has 94 valence electrons. The smallest absolute Gasteiger partial charge is 0.222 e. The van der Waals surface area contributed by atoms with Crippen LogP contribution in [0.5, 0.6) is 0 Å². The van der Waals surface area contributed by atoms with Gasteiger partial charge in [-0.1, -0.05) is 0 Å². The van der Waals surface area contributed by atoms with Gasteiger partial charge in [-0.05, 0) is 29.5 Å². The fourth-order valence-electron chi connectivity index (χ4n) is 2.28. The van der Waals surface area contributed by atoms with E-state index in [2.05, 4.69) is 31.6 Å². The molecule has 4 nitrogen and oxygen atoms in total. The van der Waals surface area contributed by atoms with E-state index in [4.69, 9.17) is 0 Å². The Hall–Kier alpha value is -1.46. The molecule has 0 bridgehead atoms. The summed E-state index contributed by atoms with van der Waals surface area (Å²) in [6, 6.07) is 4.23. The third-order valence-electron chi connectivity index (χ3n) is 3.21. The highest BCUT2D eigenvalue weighted by Crippen LogP contribution is 2.24. The van der Waals surface area contributed by atoms with E-state index in [0.717, 1.165) is 31.7 Å². The van der Waals surface area contributed by atoms with Crippen LogP contribution in [0.3, 0.4) is 0 Å². The molecule has 0 radical (unpaired) electrons. The van der Waals surface area contributed by atoms with Gasteiger partial charge in [-0.25, -0.2) is 9.97 Å². The molecule has 3 heterocycles. The minimum atomic E-state index is 0.695. The van der Waals surface area contributed by atoms with Gasteiger partial charge in [0.25, 0.3) is 0 Å². The molecule has 0 saturated heterocycles. The van der Waals surface area contributed by atoms with Crippen molar-refractivity contribution in [1.82, 2.24) is 14.9 Å². The predicted molar refractivity (Wildman–Crippen MR) is 73.7 cm³/mol. The van der Waals surface area contributed by atoms with Gasteiger partial charge in [0.05, 0.1) is 5.69 Å². The fraction of sp³-hybridized carbons (Fsp3) is 0.385. The summed E-state index contributed by atoms with van der Waals surface area (Å²) in [5.41, 5.74) is 2.56. The molecule has 0 fully saturated rings. The molecule has 2 aromatic rings. The molecule has 1 aliphatic rings. The average molecular weight is 260 g/mol. The Bertz CT molecular complexity index is 537. The monoisotopic (exact) mass is 260 g/mol. The molecule has 0 aromatic carbocycles. The summed E-state index contributed by atoms with van der Waals surface area (Å²) in [7, 11) is 1.84. The van der Waals surface area contributed by atoms with Gasteiger partial charge >= 0.3 is 0 Å². The van der Waals surface area contributed by atoms with E-state index in [9.17, 15) is 0 Å². The molecular formula is C13H16N4S. The predicted octanol–water partition coefficient (Wildman–Crippen LogP) is 2.14. The van der Waals surface area contributed by atoms with Crippen molar-refractivity contribution < 1.29 is 0 Å². The van der Waals surface area contributed by atoms with Crippen LogP contribution in [-0.4, -0.2) is 28.5 Å². The summed E-state index contributed by atoms with van der Waals surface area (Å²) in [5, 5.41) is 5.17. The standard InChI is InChI=1S/C13H16N4S/c1-14-13-15-5-2-11(16-13)9-17-6-3-12-10(8-17)4-7-18-12/h2,4-5,7H,3,6,8-9H2,1H3,(H,14,15,16). The van der Waals surface area contributed by atoms with E-state index in [1.54, 1.807) is 4.88 Å². The number of aromatic nitrogens is 2. The zero-order valence-electron chi connectivity index (χ0n) is 10.4. The van der Waals surface area contributed by atoms with E-state index >= 15 is 0 Å². The van der Waals surface area contributed by atoms with Gasteiger partial charge in [-0.3, -0.25) is 4.90 Å². The lowest BCUT2D eigenvalue weighted by Crippen LogP contribution is -2.29. The molecule has 1 N–H and O–H groups in total. The van der Waals surface area contributed by atoms with Crippen LogP contribution in [0, 0.1) is 0 Å². The SMILES string of the molecule is CNc1nccc(CN2CCc3sccc3C2)n1. The Morgan fingerprint density at radius 3 is 3.28 bits per heavy atom. The second-order valence-electron chi connectivity index (χ2n) is 4.45. The van der Waals surface area contributed by atoms with Crippen molar-refractivity contribution in [3.63, 3.8) is 0 Å². The van der Waals surface area contributed by atoms with Gasteiger partial charge in [0.15, 0.2) is 0 Å². The van der Waals surface area contributed by atoms with E-state index in [-0.39, 0.29) is 0 Å². The van der Waals surface area contributed by atoms with Crippen molar-refractivity contribution >= 4 is 17.3 Å². The largest absolute Gasteiger partial charge is 0.357 e. The van der Waals surface area contributed by atoms with Crippen LogP contribution >= 0.6 is 11.3 Å². The Balaban J connectivity index is 1.70. The van der Waals surface area contributed by atoms with E-state index < -0.39 is 0 Å². The average Bonchev–Trinajstić information content (AvgIpc) is 2.86. The minimum absolute atomic E-state index is 0.695. The number of thiophene rings is 1.